The van der Waals surface area contributed by atoms with E-state index in [2.05, 4.69) is 5.16 Å². The van der Waals surface area contributed by atoms with Crippen molar-refractivity contribution >= 4 is 12.2 Å². The zero-order valence-corrected chi connectivity index (χ0v) is 15.0. The molecule has 0 spiro atoms. The molecule has 0 aliphatic carbocycles. The highest BCUT2D eigenvalue weighted by Crippen LogP contribution is 2.44. The molecule has 2 heterocycles. The molecule has 0 amide bonds. The molecule has 2 aliphatic heterocycles. The molecular formula is C22H23NO4. The van der Waals surface area contributed by atoms with E-state index < -0.39 is 5.97 Å². The van der Waals surface area contributed by atoms with Crippen LogP contribution in [-0.4, -0.2) is 29.5 Å². The number of fused-ring (bicyclic) bond motifs is 2. The second-order valence-electron chi connectivity index (χ2n) is 7.23. The fourth-order valence-electron chi connectivity index (χ4n) is 4.19. The van der Waals surface area contributed by atoms with E-state index in [1.54, 1.807) is 12.1 Å². The largest absolute Gasteiger partial charge is 0.478 e. The lowest BCUT2D eigenvalue weighted by molar-refractivity contribution is 0.0697. The highest BCUT2D eigenvalue weighted by atomic mass is 16.6. The number of aromatic carboxylic acids is 1. The minimum Gasteiger partial charge on any atom is -0.478 e. The van der Waals surface area contributed by atoms with Crippen LogP contribution in [0, 0.1) is 11.8 Å². The number of nitrogens with zero attached hydrogens (tertiary/aromatic N) is 1. The molecule has 4 atom stereocenters. The van der Waals surface area contributed by atoms with Gasteiger partial charge >= 0.3 is 5.97 Å². The minimum atomic E-state index is -0.891. The summed E-state index contributed by atoms with van der Waals surface area (Å²) in [6.45, 7) is 0. The van der Waals surface area contributed by atoms with Gasteiger partial charge in [0.1, 0.15) is 0 Å². The van der Waals surface area contributed by atoms with E-state index in [0.717, 1.165) is 37.0 Å². The van der Waals surface area contributed by atoms with Gasteiger partial charge in [0.2, 0.25) is 0 Å². The molecule has 140 valence electrons. The summed E-state index contributed by atoms with van der Waals surface area (Å²) >= 11 is 0. The normalized spacial score (nSPS) is 26.5. The highest BCUT2D eigenvalue weighted by Gasteiger charge is 2.47. The van der Waals surface area contributed by atoms with Crippen LogP contribution in [0.15, 0.2) is 59.8 Å². The monoisotopic (exact) mass is 365 g/mol. The van der Waals surface area contributed by atoms with Crippen molar-refractivity contribution in [1.82, 2.24) is 0 Å². The maximum atomic E-state index is 11.0. The average molecular weight is 365 g/mol. The molecule has 2 aromatic rings. The first-order valence-electron chi connectivity index (χ1n) is 9.44. The molecular weight excluding hydrogens is 342 g/mol. The maximum absolute atomic E-state index is 11.0. The van der Waals surface area contributed by atoms with Crippen molar-refractivity contribution in [2.24, 2.45) is 17.0 Å². The van der Waals surface area contributed by atoms with E-state index >= 15 is 0 Å². The van der Waals surface area contributed by atoms with Crippen molar-refractivity contribution in [1.29, 1.82) is 0 Å². The van der Waals surface area contributed by atoms with E-state index in [9.17, 15) is 4.79 Å². The SMILES string of the molecule is O=C(O)c1ccc(CCC2C3CCC(O3)C2/C=N/Oc2ccccc2)cc1. The number of para-hydroxylation sites is 1. The van der Waals surface area contributed by atoms with Crippen molar-refractivity contribution in [3.8, 4) is 5.75 Å². The minimum absolute atomic E-state index is 0.234. The first kappa shape index (κ1) is 17.7. The van der Waals surface area contributed by atoms with Gasteiger partial charge in [0.25, 0.3) is 0 Å². The maximum Gasteiger partial charge on any atom is 0.335 e. The number of rotatable bonds is 7. The molecule has 0 aromatic heterocycles. The Morgan fingerprint density at radius 3 is 2.59 bits per heavy atom. The Kier molecular flexibility index (Phi) is 5.21. The van der Waals surface area contributed by atoms with Crippen LogP contribution in [0.25, 0.3) is 0 Å². The second kappa shape index (κ2) is 7.92. The van der Waals surface area contributed by atoms with Crippen molar-refractivity contribution < 1.29 is 19.5 Å². The van der Waals surface area contributed by atoms with Gasteiger partial charge < -0.3 is 14.7 Å². The van der Waals surface area contributed by atoms with Crippen LogP contribution in [0.2, 0.25) is 0 Å². The van der Waals surface area contributed by atoms with Crippen LogP contribution in [0.4, 0.5) is 0 Å². The summed E-state index contributed by atoms with van der Waals surface area (Å²) in [5.74, 6) is 0.530. The van der Waals surface area contributed by atoms with Gasteiger partial charge in [-0.2, -0.15) is 0 Å². The van der Waals surface area contributed by atoms with E-state index in [1.807, 2.05) is 48.7 Å². The quantitative estimate of drug-likeness (QED) is 0.590. The third-order valence-electron chi connectivity index (χ3n) is 5.59. The molecule has 5 heteroatoms. The molecule has 2 fully saturated rings. The third-order valence-corrected chi connectivity index (χ3v) is 5.59. The first-order chi connectivity index (χ1) is 13.2. The molecule has 2 aliphatic rings. The number of oxime groups is 1. The summed E-state index contributed by atoms with van der Waals surface area (Å²) < 4.78 is 6.11. The van der Waals surface area contributed by atoms with Crippen LogP contribution in [0.3, 0.4) is 0 Å². The topological polar surface area (TPSA) is 68.1 Å². The molecule has 0 radical (unpaired) electrons. The molecule has 1 N–H and O–H groups in total. The van der Waals surface area contributed by atoms with Crippen molar-refractivity contribution in [2.45, 2.75) is 37.9 Å². The Hall–Kier alpha value is -2.66. The standard InChI is InChI=1S/C22H23NO4/c24-22(25)16-9-6-15(7-10-16)8-11-18-19(21-13-12-20(18)26-21)14-23-27-17-4-2-1-3-5-17/h1-7,9-10,14,18-21H,8,11-13H2,(H,24,25)/b23-14+. The van der Waals surface area contributed by atoms with Gasteiger partial charge in [0.05, 0.1) is 24.0 Å². The Morgan fingerprint density at radius 1 is 1.11 bits per heavy atom. The molecule has 0 saturated carbocycles. The van der Waals surface area contributed by atoms with Crippen molar-refractivity contribution in [3.05, 3.63) is 65.7 Å². The number of hydrogen-bond acceptors (Lipinski definition) is 4. The summed E-state index contributed by atoms with van der Waals surface area (Å²) in [4.78, 5) is 16.4. The zero-order valence-electron chi connectivity index (χ0n) is 15.0. The lowest BCUT2D eigenvalue weighted by Gasteiger charge is -2.24. The van der Waals surface area contributed by atoms with Crippen LogP contribution < -0.4 is 4.84 Å². The Balaban J connectivity index is 1.37. The average Bonchev–Trinajstić information content (AvgIpc) is 3.29. The molecule has 5 nitrogen and oxygen atoms in total. The van der Waals surface area contributed by atoms with Gasteiger partial charge in [-0.25, -0.2) is 4.79 Å². The van der Waals surface area contributed by atoms with Gasteiger partial charge in [-0.1, -0.05) is 35.5 Å². The number of carboxylic acids is 1. The molecule has 2 saturated heterocycles. The van der Waals surface area contributed by atoms with Crippen LogP contribution in [-0.2, 0) is 11.2 Å². The van der Waals surface area contributed by atoms with Crippen LogP contribution in [0.1, 0.15) is 35.2 Å². The van der Waals surface area contributed by atoms with Gasteiger partial charge in [-0.15, -0.1) is 0 Å². The summed E-state index contributed by atoms with van der Waals surface area (Å²) in [6.07, 6.45) is 6.53. The van der Waals surface area contributed by atoms with Crippen molar-refractivity contribution in [3.63, 3.8) is 0 Å². The third kappa shape index (κ3) is 4.03. The smallest absolute Gasteiger partial charge is 0.335 e. The van der Waals surface area contributed by atoms with Gasteiger partial charge in [-0.05, 0) is 61.4 Å². The lowest BCUT2D eigenvalue weighted by atomic mass is 9.77. The predicted molar refractivity (Wildman–Crippen MR) is 102 cm³/mol. The molecule has 2 aromatic carbocycles. The van der Waals surface area contributed by atoms with Crippen LogP contribution >= 0.6 is 0 Å². The summed E-state index contributed by atoms with van der Waals surface area (Å²) in [5.41, 5.74) is 1.48. The molecule has 4 rings (SSSR count). The number of aryl methyl sites for hydroxylation is 1. The van der Waals surface area contributed by atoms with E-state index in [4.69, 9.17) is 14.7 Å². The van der Waals surface area contributed by atoms with Crippen molar-refractivity contribution in [2.75, 3.05) is 0 Å². The fourth-order valence-corrected chi connectivity index (χ4v) is 4.19. The molecule has 4 unspecified atom stereocenters. The molecule has 2 bridgehead atoms. The number of benzene rings is 2. The molecule has 27 heavy (non-hydrogen) atoms. The summed E-state index contributed by atoms with van der Waals surface area (Å²) in [7, 11) is 0. The van der Waals surface area contributed by atoms with E-state index in [-0.39, 0.29) is 12.0 Å². The van der Waals surface area contributed by atoms with E-state index in [0.29, 0.717) is 17.6 Å². The predicted octanol–water partition coefficient (Wildman–Crippen LogP) is 4.18. The fraction of sp³-hybridized carbons (Fsp3) is 0.364. The van der Waals surface area contributed by atoms with E-state index in [1.165, 1.54) is 0 Å². The van der Waals surface area contributed by atoms with Gasteiger partial charge in [-0.3, -0.25) is 0 Å². The Bertz CT molecular complexity index is 803. The highest BCUT2D eigenvalue weighted by molar-refractivity contribution is 5.87. The van der Waals surface area contributed by atoms with Gasteiger partial charge in [0.15, 0.2) is 5.75 Å². The first-order valence-corrected chi connectivity index (χ1v) is 9.44. The van der Waals surface area contributed by atoms with Crippen LogP contribution in [0.5, 0.6) is 5.75 Å². The number of carboxylic acid groups (broad SMARTS) is 1. The number of hydrogen-bond donors (Lipinski definition) is 1. The Labute approximate surface area is 158 Å². The zero-order chi connectivity index (χ0) is 18.6. The number of carbonyl (C=O) groups is 1. The second-order valence-corrected chi connectivity index (χ2v) is 7.23. The van der Waals surface area contributed by atoms with Gasteiger partial charge in [0, 0.05) is 5.92 Å². The summed E-state index contributed by atoms with van der Waals surface area (Å²) in [5, 5.41) is 13.2. The number of ether oxygens (including phenoxy) is 1. The lowest BCUT2D eigenvalue weighted by Crippen LogP contribution is -2.29. The Morgan fingerprint density at radius 2 is 1.85 bits per heavy atom. The summed E-state index contributed by atoms with van der Waals surface area (Å²) in [6, 6.07) is 16.7.